The van der Waals surface area contributed by atoms with Crippen LogP contribution in [-0.2, 0) is 0 Å². The molecule has 0 aliphatic rings. The molecule has 3 nitrogen and oxygen atoms in total. The van der Waals surface area contributed by atoms with Crippen molar-refractivity contribution in [1.82, 2.24) is 9.97 Å². The molecule has 3 aromatic heterocycles. The van der Waals surface area contributed by atoms with E-state index in [0.29, 0.717) is 0 Å². The Kier molecular flexibility index (Phi) is 1.43. The van der Waals surface area contributed by atoms with Crippen LogP contribution in [0.25, 0.3) is 33.3 Å². The lowest BCUT2D eigenvalue weighted by Crippen LogP contribution is -1.91. The number of hydrogen-bond donors (Lipinski definition) is 0. The van der Waals surface area contributed by atoms with Crippen LogP contribution in [0.2, 0.25) is 0 Å². The van der Waals surface area contributed by atoms with Gasteiger partial charge in [-0.05, 0) is 61.1 Å². The van der Waals surface area contributed by atoms with E-state index in [-0.39, 0.29) is 50.1 Å². The van der Waals surface area contributed by atoms with E-state index in [2.05, 4.69) is 9.97 Å². The summed E-state index contributed by atoms with van der Waals surface area (Å²) in [6.45, 7) is -11.6. The quantitative estimate of drug-likeness (QED) is 0.467. The highest BCUT2D eigenvalue weighted by Gasteiger charge is 2.16. The molecule has 0 unspecified atom stereocenters. The van der Waals surface area contributed by atoms with Crippen molar-refractivity contribution < 1.29 is 22.2 Å². The van der Waals surface area contributed by atoms with Crippen molar-refractivity contribution >= 4 is 22.1 Å². The monoisotopic (exact) mass is 329 g/mol. The van der Waals surface area contributed by atoms with E-state index in [1.54, 1.807) is 0 Å². The number of aryl methyl sites for hydroxylation is 2. The van der Waals surface area contributed by atoms with Gasteiger partial charge in [0.25, 0.3) is 0 Å². The molecule has 0 atom stereocenters. The lowest BCUT2D eigenvalue weighted by atomic mass is 9.99. The highest BCUT2D eigenvalue weighted by molar-refractivity contribution is 6.10. The fourth-order valence-electron chi connectivity index (χ4n) is 2.70. The van der Waals surface area contributed by atoms with E-state index in [9.17, 15) is 0 Å². The van der Waals surface area contributed by atoms with Gasteiger partial charge < -0.3 is 4.42 Å². The molecular weight excluding hydrogens is 296 g/mol. The van der Waals surface area contributed by atoms with Gasteiger partial charge in [-0.15, -0.1) is 0 Å². The zero-order valence-corrected chi connectivity index (χ0v) is 12.3. The maximum atomic E-state index is 8.46. The third-order valence-corrected chi connectivity index (χ3v) is 3.81. The van der Waals surface area contributed by atoms with Crippen LogP contribution < -0.4 is 0 Å². The molecule has 24 heavy (non-hydrogen) atoms. The Hall–Kier alpha value is -2.68. The Labute approximate surface area is 159 Å². The molecule has 4 aromatic rings. The first kappa shape index (κ1) is 6.32. The molecule has 0 saturated carbocycles. The summed E-state index contributed by atoms with van der Waals surface area (Å²) in [5.74, 6) is -2.97. The van der Waals surface area contributed by atoms with Gasteiger partial charge in [0.15, 0.2) is 0 Å². The Morgan fingerprint density at radius 3 is 2.92 bits per heavy atom. The van der Waals surface area contributed by atoms with E-state index in [4.69, 9.17) is 22.2 Å². The van der Waals surface area contributed by atoms with Gasteiger partial charge in [0.05, 0.1) is 5.69 Å². The van der Waals surface area contributed by atoms with Crippen molar-refractivity contribution in [2.45, 2.75) is 33.3 Å². The number of furan rings is 1. The van der Waals surface area contributed by atoms with Gasteiger partial charge in [-0.1, -0.05) is 19.8 Å². The number of aromatic nitrogens is 2. The normalized spacial score (nSPS) is 22.2. The predicted octanol–water partition coefficient (Wildman–Crippen LogP) is 5.78. The van der Waals surface area contributed by atoms with Crippen LogP contribution in [0.5, 0.6) is 0 Å². The molecule has 0 aliphatic carbocycles. The first-order valence-corrected chi connectivity index (χ1v) is 7.11. The Morgan fingerprint density at radius 1 is 1.12 bits per heavy atom. The van der Waals surface area contributed by atoms with E-state index in [1.165, 1.54) is 24.3 Å². The predicted molar refractivity (Wildman–Crippen MR) is 98.3 cm³/mol. The summed E-state index contributed by atoms with van der Waals surface area (Å²) < 4.78 is 108. The molecule has 1 aromatic carbocycles. The molecule has 0 saturated heterocycles. The zero-order valence-electron chi connectivity index (χ0n) is 25.3. The second kappa shape index (κ2) is 5.45. The van der Waals surface area contributed by atoms with Crippen molar-refractivity contribution in [3.05, 3.63) is 59.4 Å². The number of hydrogen-bond acceptors (Lipinski definition) is 3. The van der Waals surface area contributed by atoms with Gasteiger partial charge in [0.2, 0.25) is 5.71 Å². The Balaban J connectivity index is 2.04. The van der Waals surface area contributed by atoms with Gasteiger partial charge in [-0.2, -0.15) is 0 Å². The van der Waals surface area contributed by atoms with Gasteiger partial charge >= 0.3 is 0 Å². The molecule has 3 heteroatoms. The molecule has 4 rings (SSSR count). The van der Waals surface area contributed by atoms with Crippen LogP contribution in [0, 0.1) is 13.7 Å². The molecule has 0 amide bonds. The standard InChI is InChI=1S/C21H20N2O/c1-12(2)15-9-10-22-18(11-15)16-7-5-13(3)19-17-8-6-14(4)23-21(17)24-20(16)19/h5-12H,1-4H3/i1D3,2D3,3D3,4D3,12D. The lowest BCUT2D eigenvalue weighted by Gasteiger charge is -2.08. The average Bonchev–Trinajstić information content (AvgIpc) is 3.13. The topological polar surface area (TPSA) is 38.9 Å². The van der Waals surface area contributed by atoms with Crippen LogP contribution in [0.4, 0.5) is 0 Å². The van der Waals surface area contributed by atoms with Crippen molar-refractivity contribution in [3.8, 4) is 11.3 Å². The van der Waals surface area contributed by atoms with Gasteiger partial charge in [-0.25, -0.2) is 4.98 Å². The summed E-state index contributed by atoms with van der Waals surface area (Å²) in [5, 5.41) is 0.375. The molecule has 0 bridgehead atoms. The highest BCUT2D eigenvalue weighted by atomic mass is 16.3. The van der Waals surface area contributed by atoms with Gasteiger partial charge in [0, 0.05) is 46.0 Å². The molecule has 0 aliphatic heterocycles. The summed E-state index contributed by atoms with van der Waals surface area (Å²) in [5.41, 5.74) is -0.629. The lowest BCUT2D eigenvalue weighted by molar-refractivity contribution is 0.653. The fraction of sp³-hybridized carbons (Fsp3) is 0.238. The zero-order chi connectivity index (χ0) is 27.8. The van der Waals surface area contributed by atoms with Crippen LogP contribution in [0.3, 0.4) is 0 Å². The van der Waals surface area contributed by atoms with Crippen LogP contribution in [0.15, 0.2) is 47.0 Å². The number of rotatable bonds is 2. The minimum atomic E-state index is -3.22. The number of pyridine rings is 2. The maximum Gasteiger partial charge on any atom is 0.227 e. The molecule has 120 valence electrons. The summed E-state index contributed by atoms with van der Waals surface area (Å²) >= 11 is 0. The third-order valence-electron chi connectivity index (χ3n) is 3.81. The molecular formula is C21H20N2O. The van der Waals surface area contributed by atoms with Crippen molar-refractivity contribution in [1.29, 1.82) is 0 Å². The molecule has 0 N–H and O–H groups in total. The van der Waals surface area contributed by atoms with Crippen LogP contribution in [0.1, 0.15) is 54.2 Å². The van der Waals surface area contributed by atoms with Crippen molar-refractivity contribution in [2.24, 2.45) is 0 Å². The molecule has 0 spiro atoms. The number of benzene rings is 1. The average molecular weight is 329 g/mol. The van der Waals surface area contributed by atoms with Crippen LogP contribution >= 0.6 is 0 Å². The minimum Gasteiger partial charge on any atom is -0.437 e. The SMILES string of the molecule is [2H]C([2H])([2H])c1ccc2c(n1)oc1c(-c3cc(C([2H])(C([2H])([2H])[2H])C([2H])([2H])[2H])ccn3)ccc(C([2H])([2H])[2H])c12. The Bertz CT molecular complexity index is 1480. The Morgan fingerprint density at radius 2 is 2.08 bits per heavy atom. The van der Waals surface area contributed by atoms with Crippen LogP contribution in [-0.4, -0.2) is 9.97 Å². The second-order valence-corrected chi connectivity index (χ2v) is 5.32. The highest BCUT2D eigenvalue weighted by Crippen LogP contribution is 2.37. The molecule has 3 heterocycles. The molecule has 0 fully saturated rings. The minimum absolute atomic E-state index is 0.0122. The van der Waals surface area contributed by atoms with Crippen molar-refractivity contribution in [3.63, 3.8) is 0 Å². The summed E-state index contributed by atoms with van der Waals surface area (Å²) in [6, 6.07) is 7.61. The first-order chi connectivity index (χ1) is 16.8. The number of nitrogens with zero attached hydrogens (tertiary/aromatic N) is 2. The third kappa shape index (κ3) is 2.28. The molecule has 0 radical (unpaired) electrons. The van der Waals surface area contributed by atoms with Crippen molar-refractivity contribution in [2.75, 3.05) is 0 Å². The number of fused-ring (bicyclic) bond motifs is 3. The van der Waals surface area contributed by atoms with E-state index in [1.807, 2.05) is 0 Å². The van der Waals surface area contributed by atoms with Gasteiger partial charge in [0.1, 0.15) is 5.58 Å². The first-order valence-electron chi connectivity index (χ1n) is 13.6. The maximum absolute atomic E-state index is 8.46. The summed E-state index contributed by atoms with van der Waals surface area (Å²) in [4.78, 5) is 8.25. The van der Waals surface area contributed by atoms with E-state index >= 15 is 0 Å². The second-order valence-electron chi connectivity index (χ2n) is 5.32. The van der Waals surface area contributed by atoms with Gasteiger partial charge in [-0.3, -0.25) is 4.98 Å². The van der Waals surface area contributed by atoms with E-state index < -0.39 is 33.3 Å². The smallest absolute Gasteiger partial charge is 0.227 e. The summed E-state index contributed by atoms with van der Waals surface area (Å²) in [6.07, 6.45) is 1.16. The summed E-state index contributed by atoms with van der Waals surface area (Å²) in [7, 11) is 0. The van der Waals surface area contributed by atoms with E-state index in [0.717, 1.165) is 18.3 Å². The fourth-order valence-corrected chi connectivity index (χ4v) is 2.70. The largest absolute Gasteiger partial charge is 0.437 e.